The Hall–Kier alpha value is -1.24. The van der Waals surface area contributed by atoms with Gasteiger partial charge in [0.1, 0.15) is 26.1 Å². The second kappa shape index (κ2) is 11.6. The van der Waals surface area contributed by atoms with E-state index in [1.165, 1.54) is 7.11 Å². The van der Waals surface area contributed by atoms with Crippen LogP contribution in [0.2, 0.25) is 0 Å². The molecule has 27 heavy (non-hydrogen) atoms. The third-order valence-electron chi connectivity index (χ3n) is 3.38. The van der Waals surface area contributed by atoms with Crippen LogP contribution in [0.4, 0.5) is 0 Å². The number of rotatable bonds is 9. The van der Waals surface area contributed by atoms with Crippen LogP contribution in [-0.4, -0.2) is 45.2 Å². The van der Waals surface area contributed by atoms with Crippen LogP contribution in [0, 0.1) is 7.14 Å². The zero-order chi connectivity index (χ0) is 19.6. The third kappa shape index (κ3) is 7.72. The van der Waals surface area contributed by atoms with Crippen LogP contribution in [0.25, 0.3) is 0 Å². The summed E-state index contributed by atoms with van der Waals surface area (Å²) in [6.45, 7) is -0.130. The quantitative estimate of drug-likeness (QED) is 0.249. The zero-order valence-corrected chi connectivity index (χ0v) is 18.8. The minimum absolute atomic E-state index is 0.00711. The molecule has 144 valence electrons. The highest BCUT2D eigenvalue weighted by atomic mass is 127. The molecule has 2 aromatic rings. The highest BCUT2D eigenvalue weighted by molar-refractivity contribution is 14.1. The van der Waals surface area contributed by atoms with E-state index in [-0.39, 0.29) is 20.0 Å². The number of halogens is 2. The van der Waals surface area contributed by atoms with E-state index >= 15 is 0 Å². The Bertz CT molecular complexity index is 684. The van der Waals surface area contributed by atoms with Crippen molar-refractivity contribution in [2.75, 3.05) is 27.1 Å². The van der Waals surface area contributed by atoms with Crippen LogP contribution in [0.5, 0.6) is 0 Å². The lowest BCUT2D eigenvalue weighted by Crippen LogP contribution is -2.29. The van der Waals surface area contributed by atoms with Crippen molar-refractivity contribution in [3.63, 3.8) is 0 Å². The molecule has 0 atom stereocenters. The summed E-state index contributed by atoms with van der Waals surface area (Å²) in [5.41, 5.74) is 0.883. The van der Waals surface area contributed by atoms with Gasteiger partial charge in [0.2, 0.25) is 0 Å². The third-order valence-corrected chi connectivity index (χ3v) is 4.82. The lowest BCUT2D eigenvalue weighted by Gasteiger charge is -2.17. The molecule has 0 unspecified atom stereocenters. The molecule has 0 amide bonds. The van der Waals surface area contributed by atoms with Gasteiger partial charge in [-0.15, -0.1) is 0 Å². The first kappa shape index (κ1) is 22.1. The summed E-state index contributed by atoms with van der Waals surface area (Å²) in [6.07, 6.45) is -0.634. The first-order valence-electron chi connectivity index (χ1n) is 7.95. The molecule has 0 saturated heterocycles. The Kier molecular flexibility index (Phi) is 9.45. The van der Waals surface area contributed by atoms with E-state index in [2.05, 4.69) is 45.2 Å². The summed E-state index contributed by atoms with van der Waals surface area (Å²) in [5.74, 6) is -0.942. The monoisotopic (exact) mass is 596 g/mol. The van der Waals surface area contributed by atoms with Crippen molar-refractivity contribution in [2.45, 2.75) is 6.10 Å². The number of carbonyl (C=O) groups is 2. The molecular formula is C19H18I2O6. The van der Waals surface area contributed by atoms with E-state index in [9.17, 15) is 9.59 Å². The van der Waals surface area contributed by atoms with Crippen molar-refractivity contribution in [3.8, 4) is 0 Å². The van der Waals surface area contributed by atoms with Gasteiger partial charge in [0.15, 0.2) is 0 Å². The average Bonchev–Trinajstić information content (AvgIpc) is 2.68. The number of hydrogen-bond acceptors (Lipinski definition) is 6. The lowest BCUT2D eigenvalue weighted by molar-refractivity contribution is -0.106. The number of methoxy groups -OCH3 is 1. The first-order chi connectivity index (χ1) is 13.0. The topological polar surface area (TPSA) is 71.1 Å². The maximum atomic E-state index is 12.1. The summed E-state index contributed by atoms with van der Waals surface area (Å²) in [6, 6.07) is 14.0. The highest BCUT2D eigenvalue weighted by Gasteiger charge is 2.17. The molecule has 0 fully saturated rings. The first-order valence-corrected chi connectivity index (χ1v) is 10.1. The van der Waals surface area contributed by atoms with Crippen LogP contribution in [0.15, 0.2) is 48.5 Å². The van der Waals surface area contributed by atoms with Gasteiger partial charge < -0.3 is 18.9 Å². The molecule has 8 heteroatoms. The molecule has 0 bridgehead atoms. The highest BCUT2D eigenvalue weighted by Crippen LogP contribution is 2.10. The van der Waals surface area contributed by atoms with Crippen molar-refractivity contribution >= 4 is 57.1 Å². The molecule has 0 N–H and O–H groups in total. The maximum absolute atomic E-state index is 12.1. The van der Waals surface area contributed by atoms with E-state index < -0.39 is 18.0 Å². The molecule has 0 aromatic heterocycles. The second-order valence-electron chi connectivity index (χ2n) is 5.41. The number of esters is 2. The van der Waals surface area contributed by atoms with Gasteiger partial charge in [-0.25, -0.2) is 9.59 Å². The molecule has 2 aromatic carbocycles. The van der Waals surface area contributed by atoms with Crippen molar-refractivity contribution in [1.82, 2.24) is 0 Å². The predicted molar refractivity (Wildman–Crippen MR) is 116 cm³/mol. The summed E-state index contributed by atoms with van der Waals surface area (Å²) in [7, 11) is 1.48. The van der Waals surface area contributed by atoms with Gasteiger partial charge in [-0.2, -0.15) is 0 Å². The van der Waals surface area contributed by atoms with Crippen LogP contribution < -0.4 is 0 Å². The standard InChI is InChI=1S/C19H18I2O6/c1-24-12-27-17(10-25-18(22)13-2-6-15(20)7-3-13)11-26-19(23)14-4-8-16(21)9-5-14/h2-9,17H,10-12H2,1H3. The smallest absolute Gasteiger partial charge is 0.338 e. The Morgan fingerprint density at radius 3 is 1.59 bits per heavy atom. The van der Waals surface area contributed by atoms with Gasteiger partial charge in [0, 0.05) is 14.3 Å². The number of benzene rings is 2. The van der Waals surface area contributed by atoms with Crippen molar-refractivity contribution in [2.24, 2.45) is 0 Å². The summed E-state index contributed by atoms with van der Waals surface area (Å²) < 4.78 is 22.9. The molecule has 0 heterocycles. The van der Waals surface area contributed by atoms with E-state index in [0.717, 1.165) is 7.14 Å². The summed E-state index contributed by atoms with van der Waals surface area (Å²) in [5, 5.41) is 0. The van der Waals surface area contributed by atoms with E-state index in [1.807, 2.05) is 24.3 Å². The van der Waals surface area contributed by atoms with Gasteiger partial charge >= 0.3 is 11.9 Å². The molecule has 0 spiro atoms. The fourth-order valence-electron chi connectivity index (χ4n) is 1.98. The van der Waals surface area contributed by atoms with Gasteiger partial charge in [0.25, 0.3) is 0 Å². The molecule has 0 saturated carbocycles. The second-order valence-corrected chi connectivity index (χ2v) is 7.90. The Morgan fingerprint density at radius 2 is 1.22 bits per heavy atom. The molecule has 2 rings (SSSR count). The summed E-state index contributed by atoms with van der Waals surface area (Å²) in [4.78, 5) is 24.2. The van der Waals surface area contributed by atoms with Gasteiger partial charge in [-0.05, 0) is 93.7 Å². The predicted octanol–water partition coefficient (Wildman–Crippen LogP) is 3.90. The Balaban J connectivity index is 1.88. The van der Waals surface area contributed by atoms with Crippen LogP contribution in [0.1, 0.15) is 20.7 Å². The van der Waals surface area contributed by atoms with E-state index in [1.54, 1.807) is 24.3 Å². The average molecular weight is 596 g/mol. The molecule has 0 aliphatic rings. The fourth-order valence-corrected chi connectivity index (χ4v) is 2.70. The Morgan fingerprint density at radius 1 is 0.815 bits per heavy atom. The van der Waals surface area contributed by atoms with Crippen LogP contribution >= 0.6 is 45.2 Å². The molecule has 0 aliphatic carbocycles. The number of carbonyl (C=O) groups excluding carboxylic acids is 2. The van der Waals surface area contributed by atoms with Crippen LogP contribution in [0.3, 0.4) is 0 Å². The minimum Gasteiger partial charge on any atom is -0.459 e. The van der Waals surface area contributed by atoms with Crippen molar-refractivity contribution in [3.05, 3.63) is 66.8 Å². The zero-order valence-electron chi connectivity index (χ0n) is 14.5. The Labute approximate surface area is 184 Å². The molecule has 6 nitrogen and oxygen atoms in total. The fraction of sp³-hybridized carbons (Fsp3) is 0.263. The van der Waals surface area contributed by atoms with Gasteiger partial charge in [0.05, 0.1) is 11.1 Å². The normalized spacial score (nSPS) is 10.7. The van der Waals surface area contributed by atoms with Crippen molar-refractivity contribution < 1.29 is 28.5 Å². The minimum atomic E-state index is -0.634. The van der Waals surface area contributed by atoms with Crippen LogP contribution in [-0.2, 0) is 18.9 Å². The van der Waals surface area contributed by atoms with Gasteiger partial charge in [-0.3, -0.25) is 0 Å². The molecule has 0 aliphatic heterocycles. The summed E-state index contributed by atoms with van der Waals surface area (Å²) >= 11 is 4.31. The number of ether oxygens (including phenoxy) is 4. The van der Waals surface area contributed by atoms with E-state index in [0.29, 0.717) is 11.1 Å². The SMILES string of the molecule is COCOC(COC(=O)c1ccc(I)cc1)COC(=O)c1ccc(I)cc1. The molecule has 0 radical (unpaired) electrons. The van der Waals surface area contributed by atoms with Gasteiger partial charge in [-0.1, -0.05) is 0 Å². The molecular weight excluding hydrogens is 578 g/mol. The van der Waals surface area contributed by atoms with Crippen molar-refractivity contribution in [1.29, 1.82) is 0 Å². The maximum Gasteiger partial charge on any atom is 0.338 e. The lowest BCUT2D eigenvalue weighted by atomic mass is 10.2. The van der Waals surface area contributed by atoms with E-state index in [4.69, 9.17) is 18.9 Å². The number of hydrogen-bond donors (Lipinski definition) is 0. The largest absolute Gasteiger partial charge is 0.459 e.